The molecule has 2 bridgehead atoms. The van der Waals surface area contributed by atoms with E-state index in [0.29, 0.717) is 12.5 Å². The zero-order chi connectivity index (χ0) is 13.1. The number of carboxylic acid groups (broad SMARTS) is 1. The van der Waals surface area contributed by atoms with Gasteiger partial charge < -0.3 is 10.4 Å². The van der Waals surface area contributed by atoms with Gasteiger partial charge >= 0.3 is 5.97 Å². The van der Waals surface area contributed by atoms with E-state index in [9.17, 15) is 9.59 Å². The lowest BCUT2D eigenvalue weighted by molar-refractivity contribution is -0.146. The molecule has 0 radical (unpaired) electrons. The Labute approximate surface area is 112 Å². The van der Waals surface area contributed by atoms with Crippen molar-refractivity contribution in [3.05, 3.63) is 0 Å². The zero-order valence-corrected chi connectivity index (χ0v) is 11.0. The highest BCUT2D eigenvalue weighted by molar-refractivity contribution is 5.85. The Morgan fingerprint density at radius 2 is 1.58 bits per heavy atom. The van der Waals surface area contributed by atoms with E-state index in [2.05, 4.69) is 5.32 Å². The molecule has 6 atom stereocenters. The van der Waals surface area contributed by atoms with Crippen molar-refractivity contribution < 1.29 is 14.7 Å². The van der Waals surface area contributed by atoms with Gasteiger partial charge in [-0.3, -0.25) is 9.59 Å². The van der Waals surface area contributed by atoms with Gasteiger partial charge in [-0.1, -0.05) is 6.42 Å². The zero-order valence-electron chi connectivity index (χ0n) is 11.0. The molecule has 4 aliphatic carbocycles. The van der Waals surface area contributed by atoms with Crippen molar-refractivity contribution in [2.75, 3.05) is 0 Å². The molecule has 2 N–H and O–H groups in total. The molecule has 0 aliphatic heterocycles. The molecule has 0 heterocycles. The first-order valence-corrected chi connectivity index (χ1v) is 7.70. The smallest absolute Gasteiger partial charge is 0.307 e. The van der Waals surface area contributed by atoms with Crippen LogP contribution in [0.1, 0.15) is 38.5 Å². The number of carbonyl (C=O) groups is 2. The van der Waals surface area contributed by atoms with Crippen molar-refractivity contribution in [3.8, 4) is 0 Å². The van der Waals surface area contributed by atoms with Crippen LogP contribution in [-0.4, -0.2) is 23.0 Å². The van der Waals surface area contributed by atoms with Crippen LogP contribution < -0.4 is 5.32 Å². The molecule has 4 fully saturated rings. The summed E-state index contributed by atoms with van der Waals surface area (Å²) in [4.78, 5) is 23.4. The van der Waals surface area contributed by atoms with E-state index < -0.39 is 11.9 Å². The molecule has 104 valence electrons. The van der Waals surface area contributed by atoms with Crippen molar-refractivity contribution >= 4 is 11.9 Å². The predicted octanol–water partition coefficient (Wildman–Crippen LogP) is 1.65. The number of aliphatic carboxylic acids is 1. The largest absolute Gasteiger partial charge is 0.481 e. The van der Waals surface area contributed by atoms with Crippen LogP contribution in [0.25, 0.3) is 0 Å². The van der Waals surface area contributed by atoms with Crippen molar-refractivity contribution in [1.82, 2.24) is 5.32 Å². The van der Waals surface area contributed by atoms with Gasteiger partial charge in [0.1, 0.15) is 0 Å². The van der Waals surface area contributed by atoms with Crippen LogP contribution in [-0.2, 0) is 9.59 Å². The molecule has 4 rings (SSSR count). The van der Waals surface area contributed by atoms with Gasteiger partial charge in [-0.2, -0.15) is 0 Å². The molecule has 0 aromatic heterocycles. The molecule has 0 aromatic rings. The van der Waals surface area contributed by atoms with Gasteiger partial charge in [-0.15, -0.1) is 0 Å². The number of carboxylic acids is 1. The lowest BCUT2D eigenvalue weighted by Gasteiger charge is -2.17. The molecule has 0 aromatic carbocycles. The summed E-state index contributed by atoms with van der Waals surface area (Å²) in [7, 11) is 0. The highest BCUT2D eigenvalue weighted by Crippen LogP contribution is 2.65. The third-order valence-electron chi connectivity index (χ3n) is 6.21. The van der Waals surface area contributed by atoms with Gasteiger partial charge in [0.2, 0.25) is 5.91 Å². The van der Waals surface area contributed by atoms with E-state index >= 15 is 0 Å². The number of carbonyl (C=O) groups excluding carboxylic acids is 1. The molecule has 4 nitrogen and oxygen atoms in total. The van der Waals surface area contributed by atoms with E-state index in [1.165, 1.54) is 19.3 Å². The minimum Gasteiger partial charge on any atom is -0.481 e. The maximum absolute atomic E-state index is 12.3. The first kappa shape index (κ1) is 11.7. The van der Waals surface area contributed by atoms with Gasteiger partial charge in [-0.05, 0) is 55.8 Å². The van der Waals surface area contributed by atoms with Crippen LogP contribution >= 0.6 is 0 Å². The van der Waals surface area contributed by atoms with Gasteiger partial charge in [-0.25, -0.2) is 0 Å². The highest BCUT2D eigenvalue weighted by Gasteiger charge is 2.65. The Morgan fingerprint density at radius 1 is 0.947 bits per heavy atom. The Balaban J connectivity index is 1.39. The van der Waals surface area contributed by atoms with Crippen LogP contribution in [0.4, 0.5) is 0 Å². The second-order valence-electron chi connectivity index (χ2n) is 7.00. The first-order valence-electron chi connectivity index (χ1n) is 7.70. The van der Waals surface area contributed by atoms with E-state index in [1.54, 1.807) is 0 Å². The summed E-state index contributed by atoms with van der Waals surface area (Å²) in [5, 5.41) is 12.3. The monoisotopic (exact) mass is 263 g/mol. The second kappa shape index (κ2) is 3.97. The number of rotatable bonds is 3. The molecular formula is C15H21NO3. The van der Waals surface area contributed by atoms with E-state index in [4.69, 9.17) is 5.11 Å². The van der Waals surface area contributed by atoms with Gasteiger partial charge in [0.15, 0.2) is 0 Å². The Kier molecular flexibility index (Phi) is 2.45. The first-order chi connectivity index (χ1) is 9.16. The molecule has 19 heavy (non-hydrogen) atoms. The molecule has 4 heteroatoms. The average Bonchev–Trinajstić information content (AvgIpc) is 2.86. The Hall–Kier alpha value is -1.06. The van der Waals surface area contributed by atoms with Crippen LogP contribution in [0.5, 0.6) is 0 Å². The fourth-order valence-corrected chi connectivity index (χ4v) is 5.36. The van der Waals surface area contributed by atoms with Gasteiger partial charge in [0, 0.05) is 6.04 Å². The summed E-state index contributed by atoms with van der Waals surface area (Å²) in [6, 6.07) is 0.383. The molecular weight excluding hydrogens is 242 g/mol. The quantitative estimate of drug-likeness (QED) is 0.813. The predicted molar refractivity (Wildman–Crippen MR) is 68.2 cm³/mol. The van der Waals surface area contributed by atoms with Gasteiger partial charge in [0.05, 0.1) is 11.8 Å². The van der Waals surface area contributed by atoms with Crippen LogP contribution in [0.2, 0.25) is 0 Å². The van der Waals surface area contributed by atoms with Gasteiger partial charge in [0.25, 0.3) is 0 Å². The topological polar surface area (TPSA) is 66.4 Å². The summed E-state index contributed by atoms with van der Waals surface area (Å²) in [6.07, 6.45) is 6.35. The third kappa shape index (κ3) is 1.65. The highest BCUT2D eigenvalue weighted by atomic mass is 16.4. The lowest BCUT2D eigenvalue weighted by atomic mass is 9.95. The Morgan fingerprint density at radius 3 is 2.21 bits per heavy atom. The van der Waals surface area contributed by atoms with E-state index in [0.717, 1.165) is 36.5 Å². The van der Waals surface area contributed by atoms with Crippen molar-refractivity contribution in [2.24, 2.45) is 35.5 Å². The van der Waals surface area contributed by atoms with E-state index in [1.807, 2.05) is 0 Å². The standard InChI is InChI=1S/C15H21NO3/c17-14(9-2-1-3-10(9)15(18)19)16-13-11-7-4-5-8(6-7)12(11)13/h7-13H,1-6H2,(H,16,17)(H,18,19). The molecule has 4 saturated carbocycles. The number of hydrogen-bond donors (Lipinski definition) is 2. The van der Waals surface area contributed by atoms with Crippen LogP contribution in [0.15, 0.2) is 0 Å². The molecule has 4 aliphatic rings. The Bertz CT molecular complexity index is 419. The fourth-order valence-electron chi connectivity index (χ4n) is 5.36. The van der Waals surface area contributed by atoms with Crippen molar-refractivity contribution in [2.45, 2.75) is 44.6 Å². The average molecular weight is 263 g/mol. The number of nitrogens with one attached hydrogen (secondary N) is 1. The number of hydrogen-bond acceptors (Lipinski definition) is 2. The van der Waals surface area contributed by atoms with Crippen LogP contribution in [0, 0.1) is 35.5 Å². The molecule has 0 spiro atoms. The molecule has 1 amide bonds. The summed E-state index contributed by atoms with van der Waals surface area (Å²) in [5.74, 6) is 1.64. The second-order valence-corrected chi connectivity index (χ2v) is 7.00. The summed E-state index contributed by atoms with van der Waals surface area (Å²) in [5.41, 5.74) is 0. The van der Waals surface area contributed by atoms with Crippen molar-refractivity contribution in [3.63, 3.8) is 0 Å². The maximum Gasteiger partial charge on any atom is 0.307 e. The van der Waals surface area contributed by atoms with Crippen molar-refractivity contribution in [1.29, 1.82) is 0 Å². The maximum atomic E-state index is 12.3. The minimum atomic E-state index is -0.797. The molecule has 6 unspecified atom stereocenters. The lowest BCUT2D eigenvalue weighted by Crippen LogP contribution is -2.38. The summed E-state index contributed by atoms with van der Waals surface area (Å²) in [6.45, 7) is 0. The summed E-state index contributed by atoms with van der Waals surface area (Å²) < 4.78 is 0. The SMILES string of the molecule is O=C(O)C1CCCC1C(=O)NC1C2C3CCC(C3)C12. The molecule has 0 saturated heterocycles. The number of fused-ring (bicyclic) bond motifs is 5. The normalized spacial score (nSPS) is 50.0. The third-order valence-corrected chi connectivity index (χ3v) is 6.21. The minimum absolute atomic E-state index is 0.0173. The fraction of sp³-hybridized carbons (Fsp3) is 0.867. The summed E-state index contributed by atoms with van der Waals surface area (Å²) >= 11 is 0. The van der Waals surface area contributed by atoms with Crippen LogP contribution in [0.3, 0.4) is 0 Å². The van der Waals surface area contributed by atoms with E-state index in [-0.39, 0.29) is 11.8 Å². The number of amides is 1.